The number of hydrogen-bond acceptors (Lipinski definition) is 7. The van der Waals surface area contributed by atoms with Crippen molar-refractivity contribution in [2.24, 2.45) is 17.8 Å². The molecule has 0 bridgehead atoms. The molecule has 3 aliphatic rings. The lowest BCUT2D eigenvalue weighted by Crippen LogP contribution is -2.65. The molecule has 0 aromatic rings. The normalized spacial score (nSPS) is 36.3. The number of aliphatic hydroxyl groups is 1. The van der Waals surface area contributed by atoms with Crippen molar-refractivity contribution in [1.82, 2.24) is 10.6 Å². The average molecular weight is 465 g/mol. The number of hydrogen-bond donors (Lipinski definition) is 5. The van der Waals surface area contributed by atoms with Crippen LogP contribution in [-0.4, -0.2) is 49.9 Å². The van der Waals surface area contributed by atoms with Gasteiger partial charge in [0.1, 0.15) is 4.32 Å². The molecule has 3 rings (SSSR count). The molecular formula is C18H29N2O6PS2. The van der Waals surface area contributed by atoms with E-state index < -0.39 is 25.3 Å². The Labute approximate surface area is 180 Å². The van der Waals surface area contributed by atoms with E-state index in [1.807, 2.05) is 6.92 Å². The van der Waals surface area contributed by atoms with Gasteiger partial charge in [-0.2, -0.15) is 0 Å². The van der Waals surface area contributed by atoms with E-state index in [-0.39, 0.29) is 24.5 Å². The van der Waals surface area contributed by atoms with Gasteiger partial charge in [-0.1, -0.05) is 55.7 Å². The van der Waals surface area contributed by atoms with E-state index in [0.29, 0.717) is 15.8 Å². The van der Waals surface area contributed by atoms with Gasteiger partial charge in [-0.25, -0.2) is 4.57 Å². The van der Waals surface area contributed by atoms with Crippen molar-refractivity contribution in [1.29, 1.82) is 0 Å². The number of phosphoric acid groups is 1. The number of amides is 1. The van der Waals surface area contributed by atoms with Gasteiger partial charge in [0.15, 0.2) is 0 Å². The maximum Gasteiger partial charge on any atom is 0.469 e. The fraction of sp³-hybridized carbons (Fsp3) is 0.778. The summed E-state index contributed by atoms with van der Waals surface area (Å²) in [6.45, 7) is 2.13. The molecule has 1 aliphatic carbocycles. The quantitative estimate of drug-likeness (QED) is 0.180. The molecule has 5 N–H and O–H groups in total. The third kappa shape index (κ3) is 5.49. The Morgan fingerprint density at radius 2 is 1.97 bits per heavy atom. The van der Waals surface area contributed by atoms with Crippen molar-refractivity contribution in [2.75, 3.05) is 13.2 Å². The van der Waals surface area contributed by atoms with Crippen molar-refractivity contribution >= 4 is 42.0 Å². The monoisotopic (exact) mass is 464 g/mol. The van der Waals surface area contributed by atoms with E-state index in [9.17, 15) is 14.5 Å². The van der Waals surface area contributed by atoms with Crippen molar-refractivity contribution in [3.8, 4) is 0 Å². The Morgan fingerprint density at radius 1 is 1.31 bits per heavy atom. The van der Waals surface area contributed by atoms with E-state index in [1.165, 1.54) is 0 Å². The molecule has 0 aromatic heterocycles. The lowest BCUT2D eigenvalue weighted by molar-refractivity contribution is -0.124. The minimum absolute atomic E-state index is 0.0219. The van der Waals surface area contributed by atoms with Gasteiger partial charge in [0.2, 0.25) is 0 Å². The highest BCUT2D eigenvalue weighted by atomic mass is 32.2. The Bertz CT molecular complexity index is 721. The fourth-order valence-electron chi connectivity index (χ4n) is 4.88. The first-order chi connectivity index (χ1) is 13.6. The van der Waals surface area contributed by atoms with Gasteiger partial charge in [-0.05, 0) is 25.7 Å². The van der Waals surface area contributed by atoms with Gasteiger partial charge in [-0.3, -0.25) is 9.32 Å². The number of thiocarbonyl (C=S) groups is 1. The van der Waals surface area contributed by atoms with Gasteiger partial charge in [0.25, 0.3) is 5.91 Å². The van der Waals surface area contributed by atoms with Crippen LogP contribution in [0, 0.1) is 17.8 Å². The summed E-state index contributed by atoms with van der Waals surface area (Å²) in [6.07, 6.45) is 7.85. The molecule has 1 saturated carbocycles. The number of piperidine rings is 1. The maximum atomic E-state index is 12.3. The predicted octanol–water partition coefficient (Wildman–Crippen LogP) is 2.05. The first kappa shape index (κ1) is 23.3. The van der Waals surface area contributed by atoms with Gasteiger partial charge < -0.3 is 25.5 Å². The molecule has 164 valence electrons. The van der Waals surface area contributed by atoms with E-state index >= 15 is 0 Å². The molecule has 4 atom stereocenters. The van der Waals surface area contributed by atoms with Crippen LogP contribution in [0.5, 0.6) is 0 Å². The molecule has 29 heavy (non-hydrogen) atoms. The molecule has 11 heteroatoms. The molecule has 0 aromatic carbocycles. The molecule has 2 saturated heterocycles. The van der Waals surface area contributed by atoms with Gasteiger partial charge in [0, 0.05) is 24.4 Å². The second kappa shape index (κ2) is 9.44. The number of carbonyl (C=O) groups is 1. The summed E-state index contributed by atoms with van der Waals surface area (Å²) in [5.74, 6) is -1.18. The van der Waals surface area contributed by atoms with Crippen LogP contribution in [-0.2, 0) is 13.9 Å². The van der Waals surface area contributed by atoms with Crippen LogP contribution in [0.2, 0.25) is 0 Å². The van der Waals surface area contributed by atoms with Gasteiger partial charge in [0.05, 0.1) is 17.1 Å². The molecule has 2 heterocycles. The minimum Gasteiger partial charge on any atom is -0.387 e. The Balaban J connectivity index is 1.97. The van der Waals surface area contributed by atoms with Crippen LogP contribution < -0.4 is 10.6 Å². The Morgan fingerprint density at radius 3 is 2.52 bits per heavy atom. The summed E-state index contributed by atoms with van der Waals surface area (Å²) >= 11 is 6.23. The van der Waals surface area contributed by atoms with Crippen LogP contribution in [0.15, 0.2) is 11.0 Å². The van der Waals surface area contributed by atoms with Crippen molar-refractivity contribution in [2.45, 2.75) is 57.1 Å². The van der Waals surface area contributed by atoms with Crippen molar-refractivity contribution in [3.05, 3.63) is 11.0 Å². The lowest BCUT2D eigenvalue weighted by atomic mass is 9.63. The van der Waals surface area contributed by atoms with E-state index in [4.69, 9.17) is 26.5 Å². The molecule has 1 amide bonds. The smallest absolute Gasteiger partial charge is 0.387 e. The summed E-state index contributed by atoms with van der Waals surface area (Å²) in [6, 6.07) is -0.236. The highest BCUT2D eigenvalue weighted by Crippen LogP contribution is 2.47. The zero-order valence-electron chi connectivity index (χ0n) is 16.4. The minimum atomic E-state index is -4.65. The number of carbonyl (C=O) groups excluding carboxylic acids is 1. The van der Waals surface area contributed by atoms with Crippen molar-refractivity contribution < 1.29 is 28.8 Å². The van der Waals surface area contributed by atoms with Crippen LogP contribution in [0.3, 0.4) is 0 Å². The maximum absolute atomic E-state index is 12.3. The number of phosphoric ester groups is 1. The summed E-state index contributed by atoms with van der Waals surface area (Å²) in [5, 5.41) is 17.9. The van der Waals surface area contributed by atoms with Gasteiger partial charge >= 0.3 is 7.82 Å². The topological polar surface area (TPSA) is 128 Å². The zero-order chi connectivity index (χ0) is 21.2. The zero-order valence-corrected chi connectivity index (χ0v) is 18.9. The Kier molecular flexibility index (Phi) is 7.60. The van der Waals surface area contributed by atoms with E-state index in [0.717, 1.165) is 50.3 Å². The molecule has 8 nitrogen and oxygen atoms in total. The van der Waals surface area contributed by atoms with Crippen LogP contribution >= 0.6 is 31.8 Å². The van der Waals surface area contributed by atoms with E-state index in [2.05, 4.69) is 10.6 Å². The first-order valence-corrected chi connectivity index (χ1v) is 12.8. The second-order valence-corrected chi connectivity index (χ2v) is 11.1. The Hall–Kier alpha value is -0.320. The fourth-order valence-corrected chi connectivity index (χ4v) is 6.33. The summed E-state index contributed by atoms with van der Waals surface area (Å²) in [7, 11) is -4.65. The highest BCUT2D eigenvalue weighted by Gasteiger charge is 2.53. The van der Waals surface area contributed by atoms with Crippen molar-refractivity contribution in [3.63, 3.8) is 0 Å². The van der Waals surface area contributed by atoms with Crippen LogP contribution in [0.1, 0.15) is 45.4 Å². The predicted molar refractivity (Wildman–Crippen MR) is 115 cm³/mol. The van der Waals surface area contributed by atoms with Crippen LogP contribution in [0.25, 0.3) is 0 Å². The summed E-state index contributed by atoms with van der Waals surface area (Å²) in [4.78, 5) is 31.0. The number of rotatable bonds is 5. The second-order valence-electron chi connectivity index (χ2n) is 8.15. The summed E-state index contributed by atoms with van der Waals surface area (Å²) < 4.78 is 16.5. The van der Waals surface area contributed by atoms with Crippen LogP contribution in [0.4, 0.5) is 0 Å². The standard InChI is InChI=1S/C18H29N2O6PS2/c1-11-18(22,13-6-4-2-3-5-7-13)14(8-15-16(21)20-17(28)29-15)12(9-19-11)10-26-27(23,24)25/h8,11-14,19,22H,2-7,9-10H2,1H3,(H,20,21,28)(H2,23,24,25)/b15-8-. The average Bonchev–Trinajstić information content (AvgIpc) is 2.84. The molecule has 0 spiro atoms. The first-order valence-electron chi connectivity index (χ1n) is 10.0. The molecule has 3 fully saturated rings. The molecule has 2 aliphatic heterocycles. The SMILES string of the molecule is CC1NCC(COP(=O)(O)O)C(/C=C2\SC(=S)NC2=O)C1(O)C1CCCCCC1. The lowest BCUT2D eigenvalue weighted by Gasteiger charge is -2.52. The number of thioether (sulfide) groups is 1. The third-order valence-corrected chi connectivity index (χ3v) is 8.03. The molecule has 4 unspecified atom stereocenters. The highest BCUT2D eigenvalue weighted by molar-refractivity contribution is 8.26. The van der Waals surface area contributed by atoms with Gasteiger partial charge in [-0.15, -0.1) is 0 Å². The number of nitrogens with one attached hydrogen (secondary N) is 2. The van der Waals surface area contributed by atoms with E-state index in [1.54, 1.807) is 6.08 Å². The molecular weight excluding hydrogens is 435 g/mol. The third-order valence-electron chi connectivity index (χ3n) is 6.36. The molecule has 0 radical (unpaired) electrons. The summed E-state index contributed by atoms with van der Waals surface area (Å²) in [5.41, 5.74) is -1.16. The largest absolute Gasteiger partial charge is 0.469 e.